The molecule has 0 atom stereocenters. The van der Waals surface area contributed by atoms with Crippen molar-refractivity contribution >= 4 is 28.9 Å². The zero-order valence-electron chi connectivity index (χ0n) is 7.27. The van der Waals surface area contributed by atoms with Gasteiger partial charge in [-0.25, -0.2) is 0 Å². The average molecular weight is 206 g/mol. The van der Waals surface area contributed by atoms with E-state index in [2.05, 4.69) is 25.4 Å². The van der Waals surface area contributed by atoms with Crippen molar-refractivity contribution in [1.82, 2.24) is 29.8 Å². The van der Waals surface area contributed by atoms with E-state index in [4.69, 9.17) is 12.2 Å². The van der Waals surface area contributed by atoms with E-state index in [-0.39, 0.29) is 0 Å². The second kappa shape index (κ2) is 2.38. The third-order valence-corrected chi connectivity index (χ3v) is 2.42. The molecule has 14 heavy (non-hydrogen) atoms. The summed E-state index contributed by atoms with van der Waals surface area (Å²) < 4.78 is 2.26. The Bertz CT molecular complexity index is 674. The van der Waals surface area contributed by atoms with E-state index < -0.39 is 0 Å². The molecule has 0 bridgehead atoms. The molecule has 0 saturated heterocycles. The van der Waals surface area contributed by atoms with Crippen LogP contribution in [0.25, 0.3) is 16.7 Å². The quantitative estimate of drug-likeness (QED) is 0.537. The molecule has 3 aromatic rings. The molecule has 3 aromatic heterocycles. The molecule has 3 heterocycles. The standard InChI is InChI=1S/C7H6N6S/c1-3-10-12-6-4-2-8-11-5(4)9-7(14)13(3)6/h2,12H,1H3,(H,9,11,14). The van der Waals surface area contributed by atoms with Crippen molar-refractivity contribution in [2.24, 2.45) is 0 Å². The normalized spacial score (nSPS) is 11.5. The Hall–Kier alpha value is -1.76. The third-order valence-electron chi connectivity index (χ3n) is 2.14. The molecular weight excluding hydrogens is 200 g/mol. The van der Waals surface area contributed by atoms with Gasteiger partial charge < -0.3 is 0 Å². The number of hydrogen-bond donors (Lipinski definition) is 2. The first-order valence-electron chi connectivity index (χ1n) is 4.04. The Morgan fingerprint density at radius 1 is 1.43 bits per heavy atom. The zero-order valence-corrected chi connectivity index (χ0v) is 8.09. The number of rotatable bonds is 0. The topological polar surface area (TPSA) is 74.7 Å². The summed E-state index contributed by atoms with van der Waals surface area (Å²) in [5.41, 5.74) is 1.50. The summed E-state index contributed by atoms with van der Waals surface area (Å²) in [7, 11) is 0. The van der Waals surface area contributed by atoms with Crippen molar-refractivity contribution in [3.05, 3.63) is 16.8 Å². The van der Waals surface area contributed by atoms with Crippen LogP contribution in [0.1, 0.15) is 5.82 Å². The molecule has 3 rings (SSSR count). The van der Waals surface area contributed by atoms with E-state index in [0.717, 1.165) is 16.9 Å². The van der Waals surface area contributed by atoms with Crippen LogP contribution in [0.5, 0.6) is 0 Å². The molecule has 0 aliphatic carbocycles. The van der Waals surface area contributed by atoms with Crippen molar-refractivity contribution in [2.45, 2.75) is 6.92 Å². The summed E-state index contributed by atoms with van der Waals surface area (Å²) in [5.74, 6) is 0.792. The number of aryl methyl sites for hydroxylation is 1. The minimum atomic E-state index is 0.475. The van der Waals surface area contributed by atoms with Gasteiger partial charge in [-0.05, 0) is 19.1 Å². The second-order valence-corrected chi connectivity index (χ2v) is 3.35. The predicted octanol–water partition coefficient (Wildman–Crippen LogP) is 0.972. The number of aromatic amines is 2. The van der Waals surface area contributed by atoms with Crippen LogP contribution < -0.4 is 0 Å². The Morgan fingerprint density at radius 3 is 3.14 bits per heavy atom. The third kappa shape index (κ3) is 0.791. The van der Waals surface area contributed by atoms with Crippen LogP contribution in [-0.2, 0) is 0 Å². The fourth-order valence-corrected chi connectivity index (χ4v) is 1.81. The minimum Gasteiger partial charge on any atom is -0.261 e. The van der Waals surface area contributed by atoms with Crippen LogP contribution in [0.2, 0.25) is 0 Å². The van der Waals surface area contributed by atoms with Gasteiger partial charge in [0.1, 0.15) is 11.5 Å². The Kier molecular flexibility index (Phi) is 1.30. The van der Waals surface area contributed by atoms with Gasteiger partial charge in [-0.1, -0.05) is 0 Å². The smallest absolute Gasteiger partial charge is 0.208 e. The maximum atomic E-state index is 5.13. The molecule has 0 saturated carbocycles. The zero-order chi connectivity index (χ0) is 9.71. The fourth-order valence-electron chi connectivity index (χ4n) is 1.49. The molecule has 0 amide bonds. The summed E-state index contributed by atoms with van der Waals surface area (Å²) in [4.78, 5) is 4.20. The summed E-state index contributed by atoms with van der Waals surface area (Å²) in [6, 6.07) is 0. The number of hydrogen-bond acceptors (Lipinski definition) is 4. The van der Waals surface area contributed by atoms with Gasteiger partial charge in [0, 0.05) is 0 Å². The molecule has 0 aliphatic heterocycles. The highest BCUT2D eigenvalue weighted by atomic mass is 32.1. The van der Waals surface area contributed by atoms with E-state index in [1.165, 1.54) is 0 Å². The molecule has 0 unspecified atom stereocenters. The van der Waals surface area contributed by atoms with Crippen LogP contribution in [0.4, 0.5) is 0 Å². The molecule has 2 N–H and O–H groups in total. The number of fused-ring (bicyclic) bond motifs is 3. The highest BCUT2D eigenvalue weighted by molar-refractivity contribution is 7.71. The number of H-pyrrole nitrogens is 2. The Morgan fingerprint density at radius 2 is 2.29 bits per heavy atom. The van der Waals surface area contributed by atoms with Crippen molar-refractivity contribution in [3.8, 4) is 0 Å². The van der Waals surface area contributed by atoms with E-state index in [1.807, 2.05) is 6.92 Å². The first kappa shape index (κ1) is 7.63. The number of aromatic nitrogens is 6. The van der Waals surface area contributed by atoms with E-state index >= 15 is 0 Å². The van der Waals surface area contributed by atoms with E-state index in [0.29, 0.717) is 10.4 Å². The monoisotopic (exact) mass is 206 g/mol. The van der Waals surface area contributed by atoms with Gasteiger partial charge >= 0.3 is 0 Å². The molecule has 0 fully saturated rings. The van der Waals surface area contributed by atoms with Crippen LogP contribution in [-0.4, -0.2) is 29.8 Å². The van der Waals surface area contributed by atoms with Gasteiger partial charge in [0.25, 0.3) is 0 Å². The van der Waals surface area contributed by atoms with Crippen molar-refractivity contribution < 1.29 is 0 Å². The van der Waals surface area contributed by atoms with Crippen molar-refractivity contribution in [3.63, 3.8) is 0 Å². The highest BCUT2D eigenvalue weighted by Gasteiger charge is 2.08. The van der Waals surface area contributed by atoms with Crippen LogP contribution >= 0.6 is 12.2 Å². The first-order chi connectivity index (χ1) is 6.77. The van der Waals surface area contributed by atoms with Gasteiger partial charge in [0.15, 0.2) is 5.65 Å². The van der Waals surface area contributed by atoms with Crippen LogP contribution in [0.3, 0.4) is 0 Å². The predicted molar refractivity (Wildman–Crippen MR) is 52.6 cm³/mol. The van der Waals surface area contributed by atoms with Gasteiger partial charge in [-0.15, -0.1) is 0 Å². The van der Waals surface area contributed by atoms with Gasteiger partial charge in [0.2, 0.25) is 4.77 Å². The van der Waals surface area contributed by atoms with Crippen LogP contribution in [0.15, 0.2) is 6.20 Å². The van der Waals surface area contributed by atoms with E-state index in [9.17, 15) is 0 Å². The first-order valence-corrected chi connectivity index (χ1v) is 4.45. The molecule has 0 aromatic carbocycles. The molecule has 6 nitrogen and oxygen atoms in total. The molecule has 0 aliphatic rings. The lowest BCUT2D eigenvalue weighted by molar-refractivity contribution is 0.971. The maximum Gasteiger partial charge on any atom is 0.208 e. The SMILES string of the molecule is Cc1n[nH]c2c3cn[nH]c3nc(=S)n12. The lowest BCUT2D eigenvalue weighted by Crippen LogP contribution is -1.93. The fraction of sp³-hybridized carbons (Fsp3) is 0.143. The minimum absolute atomic E-state index is 0.475. The largest absolute Gasteiger partial charge is 0.261 e. The van der Waals surface area contributed by atoms with E-state index in [1.54, 1.807) is 10.6 Å². The Balaban J connectivity index is 2.76. The summed E-state index contributed by atoms with van der Waals surface area (Å²) in [6.45, 7) is 1.87. The van der Waals surface area contributed by atoms with Gasteiger partial charge in [-0.2, -0.15) is 15.2 Å². The molecule has 70 valence electrons. The maximum absolute atomic E-state index is 5.13. The summed E-state index contributed by atoms with van der Waals surface area (Å²) in [5, 5.41) is 14.5. The van der Waals surface area contributed by atoms with Crippen molar-refractivity contribution in [2.75, 3.05) is 0 Å². The second-order valence-electron chi connectivity index (χ2n) is 2.98. The lowest BCUT2D eigenvalue weighted by atomic mass is 10.4. The molecule has 7 heteroatoms. The van der Waals surface area contributed by atoms with Crippen LogP contribution in [0, 0.1) is 11.7 Å². The lowest BCUT2D eigenvalue weighted by Gasteiger charge is -1.94. The number of nitrogens with one attached hydrogen (secondary N) is 2. The Labute approximate surface area is 83.0 Å². The van der Waals surface area contributed by atoms with Gasteiger partial charge in [-0.3, -0.25) is 14.6 Å². The number of nitrogens with zero attached hydrogens (tertiary/aromatic N) is 4. The molecule has 0 spiro atoms. The molecule has 0 radical (unpaired) electrons. The van der Waals surface area contributed by atoms with Gasteiger partial charge in [0.05, 0.1) is 11.6 Å². The highest BCUT2D eigenvalue weighted by Crippen LogP contribution is 2.14. The van der Waals surface area contributed by atoms with Crippen molar-refractivity contribution in [1.29, 1.82) is 0 Å². The molecular formula is C7H6N6S. The summed E-state index contributed by atoms with van der Waals surface area (Å²) >= 11 is 5.13. The average Bonchev–Trinajstić information content (AvgIpc) is 2.71. The summed E-state index contributed by atoms with van der Waals surface area (Å²) in [6.07, 6.45) is 1.70.